The van der Waals surface area contributed by atoms with Crippen LogP contribution in [0.5, 0.6) is 0 Å². The summed E-state index contributed by atoms with van der Waals surface area (Å²) in [4.78, 5) is 6.42. The zero-order chi connectivity index (χ0) is 11.4. The lowest BCUT2D eigenvalue weighted by molar-refractivity contribution is 0.270. The van der Waals surface area contributed by atoms with Crippen LogP contribution in [-0.2, 0) is 0 Å². The lowest BCUT2D eigenvalue weighted by Gasteiger charge is -2.24. The first kappa shape index (κ1) is 11.9. The zero-order valence-corrected chi connectivity index (χ0v) is 9.66. The van der Waals surface area contributed by atoms with Crippen LogP contribution in [0.3, 0.4) is 0 Å². The van der Waals surface area contributed by atoms with Crippen LogP contribution in [0, 0.1) is 0 Å². The second-order valence-corrected chi connectivity index (χ2v) is 3.85. The van der Waals surface area contributed by atoms with Crippen molar-refractivity contribution >= 4 is 23.0 Å². The molecule has 0 saturated carbocycles. The third-order valence-electron chi connectivity index (χ3n) is 2.32. The maximum absolute atomic E-state index is 9.03. The normalized spacial score (nSPS) is 12.2. The number of nitrogens with zero attached hydrogens (tertiary/aromatic N) is 2. The van der Waals surface area contributed by atoms with E-state index in [-0.39, 0.29) is 12.6 Å². The van der Waals surface area contributed by atoms with Crippen molar-refractivity contribution in [3.63, 3.8) is 0 Å². The van der Waals surface area contributed by atoms with E-state index in [0.29, 0.717) is 4.99 Å². The molecule has 0 aliphatic heterocycles. The molecular formula is C10H15N3OS. The SMILES string of the molecule is CC(CO)N(C)c1cc(C(N)=S)ccn1. The highest BCUT2D eigenvalue weighted by Gasteiger charge is 2.10. The fourth-order valence-electron chi connectivity index (χ4n) is 1.11. The van der Waals surface area contributed by atoms with Crippen molar-refractivity contribution in [1.29, 1.82) is 0 Å². The Balaban J connectivity index is 2.94. The molecule has 82 valence electrons. The van der Waals surface area contributed by atoms with E-state index in [0.717, 1.165) is 11.4 Å². The van der Waals surface area contributed by atoms with Crippen LogP contribution in [0.25, 0.3) is 0 Å². The summed E-state index contributed by atoms with van der Waals surface area (Å²) in [5.41, 5.74) is 6.31. The summed E-state index contributed by atoms with van der Waals surface area (Å²) in [6.45, 7) is 1.99. The molecule has 0 saturated heterocycles. The largest absolute Gasteiger partial charge is 0.394 e. The predicted octanol–water partition coefficient (Wildman–Crippen LogP) is 0.533. The quantitative estimate of drug-likeness (QED) is 0.732. The summed E-state index contributed by atoms with van der Waals surface area (Å²) in [7, 11) is 1.87. The predicted molar refractivity (Wildman–Crippen MR) is 65.1 cm³/mol. The first-order chi connectivity index (χ1) is 7.06. The number of pyridine rings is 1. The van der Waals surface area contributed by atoms with Gasteiger partial charge in [-0.1, -0.05) is 12.2 Å². The summed E-state index contributed by atoms with van der Waals surface area (Å²) in [5, 5.41) is 9.03. The lowest BCUT2D eigenvalue weighted by atomic mass is 10.2. The van der Waals surface area contributed by atoms with Gasteiger partial charge in [0.15, 0.2) is 0 Å². The minimum Gasteiger partial charge on any atom is -0.394 e. The number of anilines is 1. The van der Waals surface area contributed by atoms with E-state index in [1.807, 2.05) is 24.9 Å². The van der Waals surface area contributed by atoms with Crippen molar-refractivity contribution in [1.82, 2.24) is 4.98 Å². The number of nitrogens with two attached hydrogens (primary N) is 1. The number of aromatic nitrogens is 1. The molecule has 0 bridgehead atoms. The molecular weight excluding hydrogens is 210 g/mol. The second kappa shape index (κ2) is 5.04. The van der Waals surface area contributed by atoms with Crippen LogP contribution in [0.15, 0.2) is 18.3 Å². The Morgan fingerprint density at radius 1 is 1.73 bits per heavy atom. The Kier molecular flexibility index (Phi) is 3.99. The number of rotatable bonds is 4. The van der Waals surface area contributed by atoms with E-state index in [9.17, 15) is 0 Å². The third kappa shape index (κ3) is 2.87. The van der Waals surface area contributed by atoms with Gasteiger partial charge in [-0.15, -0.1) is 0 Å². The van der Waals surface area contributed by atoms with Gasteiger partial charge in [-0.05, 0) is 19.1 Å². The molecule has 1 unspecified atom stereocenters. The molecule has 1 aromatic rings. The maximum atomic E-state index is 9.03. The second-order valence-electron chi connectivity index (χ2n) is 3.41. The number of likely N-dealkylation sites (N-methyl/N-ethyl adjacent to an activating group) is 1. The van der Waals surface area contributed by atoms with Gasteiger partial charge in [0.2, 0.25) is 0 Å². The Labute approximate surface area is 94.7 Å². The average Bonchev–Trinajstić information content (AvgIpc) is 2.27. The topological polar surface area (TPSA) is 62.4 Å². The number of hydrogen-bond donors (Lipinski definition) is 2. The Morgan fingerprint density at radius 2 is 2.40 bits per heavy atom. The number of aliphatic hydroxyl groups is 1. The van der Waals surface area contributed by atoms with Crippen molar-refractivity contribution < 1.29 is 5.11 Å². The molecule has 1 aromatic heterocycles. The van der Waals surface area contributed by atoms with E-state index in [1.54, 1.807) is 12.3 Å². The molecule has 0 aromatic carbocycles. The van der Waals surface area contributed by atoms with Gasteiger partial charge >= 0.3 is 0 Å². The third-order valence-corrected chi connectivity index (χ3v) is 2.55. The summed E-state index contributed by atoms with van der Waals surface area (Å²) < 4.78 is 0. The van der Waals surface area contributed by atoms with Gasteiger partial charge in [0.25, 0.3) is 0 Å². The standard InChI is InChI=1S/C10H15N3OS/c1-7(6-14)13(2)9-5-8(10(11)15)3-4-12-9/h3-5,7,14H,6H2,1-2H3,(H2,11,15). The van der Waals surface area contributed by atoms with Crippen molar-refractivity contribution in [3.8, 4) is 0 Å². The van der Waals surface area contributed by atoms with Gasteiger partial charge in [-0.2, -0.15) is 0 Å². The zero-order valence-electron chi connectivity index (χ0n) is 8.84. The molecule has 4 nitrogen and oxygen atoms in total. The average molecular weight is 225 g/mol. The Morgan fingerprint density at radius 3 is 2.93 bits per heavy atom. The molecule has 15 heavy (non-hydrogen) atoms. The highest BCUT2D eigenvalue weighted by atomic mass is 32.1. The van der Waals surface area contributed by atoms with Crippen LogP contribution >= 0.6 is 12.2 Å². The number of aliphatic hydroxyl groups excluding tert-OH is 1. The highest BCUT2D eigenvalue weighted by Crippen LogP contribution is 2.13. The van der Waals surface area contributed by atoms with Gasteiger partial charge in [-0.3, -0.25) is 0 Å². The van der Waals surface area contributed by atoms with Crippen molar-refractivity contribution in [2.24, 2.45) is 5.73 Å². The van der Waals surface area contributed by atoms with Crippen molar-refractivity contribution in [2.45, 2.75) is 13.0 Å². The highest BCUT2D eigenvalue weighted by molar-refractivity contribution is 7.80. The summed E-state index contributed by atoms with van der Waals surface area (Å²) in [5.74, 6) is 0.752. The minimum atomic E-state index is 0.0131. The van der Waals surface area contributed by atoms with Gasteiger partial charge < -0.3 is 15.7 Å². The lowest BCUT2D eigenvalue weighted by Crippen LogP contribution is -2.32. The van der Waals surface area contributed by atoms with Gasteiger partial charge in [0, 0.05) is 18.8 Å². The number of hydrogen-bond acceptors (Lipinski definition) is 4. The Bertz CT molecular complexity index is 356. The fraction of sp³-hybridized carbons (Fsp3) is 0.400. The first-order valence-corrected chi connectivity index (χ1v) is 5.06. The summed E-state index contributed by atoms with van der Waals surface area (Å²) >= 11 is 4.88. The molecule has 1 rings (SSSR count). The molecule has 5 heteroatoms. The molecule has 0 spiro atoms. The minimum absolute atomic E-state index is 0.0131. The summed E-state index contributed by atoms with van der Waals surface area (Å²) in [6.07, 6.45) is 1.66. The fourth-order valence-corrected chi connectivity index (χ4v) is 1.24. The van der Waals surface area contributed by atoms with Crippen LogP contribution in [-0.4, -0.2) is 34.8 Å². The molecule has 3 N–H and O–H groups in total. The van der Waals surface area contributed by atoms with Crippen LogP contribution < -0.4 is 10.6 Å². The van der Waals surface area contributed by atoms with E-state index >= 15 is 0 Å². The van der Waals surface area contributed by atoms with Gasteiger partial charge in [0.05, 0.1) is 12.6 Å². The summed E-state index contributed by atoms with van der Waals surface area (Å²) in [6, 6.07) is 3.59. The van der Waals surface area contributed by atoms with Gasteiger partial charge in [0.1, 0.15) is 10.8 Å². The molecule has 1 atom stereocenters. The Hall–Kier alpha value is -1.20. The molecule has 1 heterocycles. The van der Waals surface area contributed by atoms with Crippen molar-refractivity contribution in [2.75, 3.05) is 18.6 Å². The van der Waals surface area contributed by atoms with E-state index in [1.165, 1.54) is 0 Å². The molecule has 0 amide bonds. The maximum Gasteiger partial charge on any atom is 0.129 e. The van der Waals surface area contributed by atoms with Crippen molar-refractivity contribution in [3.05, 3.63) is 23.9 Å². The van der Waals surface area contributed by atoms with E-state index in [4.69, 9.17) is 23.1 Å². The van der Waals surface area contributed by atoms with Gasteiger partial charge in [-0.25, -0.2) is 4.98 Å². The van der Waals surface area contributed by atoms with E-state index in [2.05, 4.69) is 4.98 Å². The first-order valence-electron chi connectivity index (χ1n) is 4.65. The molecule has 0 fully saturated rings. The van der Waals surface area contributed by atoms with Crippen LogP contribution in [0.2, 0.25) is 0 Å². The molecule has 0 aliphatic carbocycles. The smallest absolute Gasteiger partial charge is 0.129 e. The molecule has 0 radical (unpaired) electrons. The van der Waals surface area contributed by atoms with Crippen LogP contribution in [0.4, 0.5) is 5.82 Å². The van der Waals surface area contributed by atoms with E-state index < -0.39 is 0 Å². The molecule has 0 aliphatic rings. The number of thiocarbonyl (C=S) groups is 1. The monoisotopic (exact) mass is 225 g/mol. The van der Waals surface area contributed by atoms with Crippen LogP contribution in [0.1, 0.15) is 12.5 Å².